The molecular weight excluding hydrogens is 336 g/mol. The monoisotopic (exact) mass is 352 g/mol. The van der Waals surface area contributed by atoms with Crippen LogP contribution in [-0.2, 0) is 6.54 Å². The summed E-state index contributed by atoms with van der Waals surface area (Å²) < 4.78 is 0. The van der Waals surface area contributed by atoms with Crippen molar-refractivity contribution in [3.8, 4) is 0 Å². The minimum absolute atomic E-state index is 0.280. The zero-order valence-electron chi connectivity index (χ0n) is 13.7. The Bertz CT molecular complexity index is 881. The number of hydrogen-bond acceptors (Lipinski definition) is 4. The molecule has 3 aromatic rings. The first-order chi connectivity index (χ1) is 12.1. The fourth-order valence-corrected chi connectivity index (χ4v) is 2.50. The summed E-state index contributed by atoms with van der Waals surface area (Å²) in [5.74, 6) is 0.743. The van der Waals surface area contributed by atoms with Crippen molar-refractivity contribution in [2.45, 2.75) is 13.5 Å². The van der Waals surface area contributed by atoms with Gasteiger partial charge in [-0.2, -0.15) is 0 Å². The van der Waals surface area contributed by atoms with Crippen molar-refractivity contribution < 1.29 is 4.79 Å². The highest BCUT2D eigenvalue weighted by Gasteiger charge is 2.08. The highest BCUT2D eigenvalue weighted by molar-refractivity contribution is 6.31. The number of halogens is 1. The average molecular weight is 353 g/mol. The van der Waals surface area contributed by atoms with Crippen LogP contribution in [0.25, 0.3) is 0 Å². The third kappa shape index (κ3) is 4.55. The molecule has 25 heavy (non-hydrogen) atoms. The lowest BCUT2D eigenvalue weighted by Crippen LogP contribution is -2.13. The molecule has 0 saturated heterocycles. The third-order valence-corrected chi connectivity index (χ3v) is 3.95. The minimum atomic E-state index is -0.280. The second-order valence-electron chi connectivity index (χ2n) is 5.55. The van der Waals surface area contributed by atoms with E-state index in [0.717, 1.165) is 0 Å². The van der Waals surface area contributed by atoms with E-state index in [4.69, 9.17) is 11.6 Å². The fourth-order valence-electron chi connectivity index (χ4n) is 2.31. The first-order valence-electron chi connectivity index (χ1n) is 7.81. The maximum Gasteiger partial charge on any atom is 0.256 e. The number of nitrogens with zero attached hydrogens (tertiary/aromatic N) is 2. The summed E-state index contributed by atoms with van der Waals surface area (Å²) in [6.45, 7) is 2.73. The van der Waals surface area contributed by atoms with Gasteiger partial charge in [-0.25, -0.2) is 0 Å². The number of anilines is 2. The molecule has 6 heteroatoms. The summed E-state index contributed by atoms with van der Waals surface area (Å²) in [5.41, 5.74) is 2.88. The third-order valence-electron chi connectivity index (χ3n) is 3.71. The van der Waals surface area contributed by atoms with Crippen molar-refractivity contribution in [2.24, 2.45) is 0 Å². The Morgan fingerprint density at radius 3 is 2.48 bits per heavy atom. The lowest BCUT2D eigenvalue weighted by atomic mass is 10.1. The normalized spacial score (nSPS) is 10.3. The Kier molecular flexibility index (Phi) is 5.26. The molecule has 3 rings (SSSR count). The van der Waals surface area contributed by atoms with Crippen LogP contribution >= 0.6 is 11.6 Å². The number of hydrogen-bond donors (Lipinski definition) is 2. The van der Waals surface area contributed by atoms with Crippen molar-refractivity contribution in [1.29, 1.82) is 0 Å². The van der Waals surface area contributed by atoms with Crippen LogP contribution in [0.4, 0.5) is 11.6 Å². The lowest BCUT2D eigenvalue weighted by molar-refractivity contribution is 0.102. The number of benzene rings is 2. The fraction of sp³-hybridized carbons (Fsp3) is 0.105. The van der Waals surface area contributed by atoms with E-state index in [2.05, 4.69) is 39.9 Å². The quantitative estimate of drug-likeness (QED) is 0.718. The largest absolute Gasteiger partial charge is 0.364 e. The van der Waals surface area contributed by atoms with Crippen LogP contribution in [0.2, 0.25) is 5.02 Å². The molecule has 0 bridgehead atoms. The van der Waals surface area contributed by atoms with Gasteiger partial charge in [0.25, 0.3) is 5.91 Å². The van der Waals surface area contributed by atoms with E-state index in [1.54, 1.807) is 36.4 Å². The van der Waals surface area contributed by atoms with E-state index in [-0.39, 0.29) is 5.91 Å². The van der Waals surface area contributed by atoms with Crippen LogP contribution in [-0.4, -0.2) is 16.1 Å². The maximum absolute atomic E-state index is 12.1. The molecule has 0 aliphatic carbocycles. The molecule has 0 unspecified atom stereocenters. The van der Waals surface area contributed by atoms with E-state index in [1.165, 1.54) is 11.1 Å². The van der Waals surface area contributed by atoms with Gasteiger partial charge in [-0.05, 0) is 48.4 Å². The highest BCUT2D eigenvalue weighted by Crippen LogP contribution is 2.14. The smallest absolute Gasteiger partial charge is 0.256 e. The molecule has 1 aromatic heterocycles. The second-order valence-corrected chi connectivity index (χ2v) is 5.98. The van der Waals surface area contributed by atoms with Gasteiger partial charge in [0, 0.05) is 17.1 Å². The van der Waals surface area contributed by atoms with E-state index in [9.17, 15) is 4.79 Å². The van der Waals surface area contributed by atoms with E-state index in [0.29, 0.717) is 28.8 Å². The first-order valence-corrected chi connectivity index (χ1v) is 8.18. The summed E-state index contributed by atoms with van der Waals surface area (Å²) in [7, 11) is 0. The number of rotatable bonds is 5. The van der Waals surface area contributed by atoms with Crippen molar-refractivity contribution in [3.05, 3.63) is 82.4 Å². The summed E-state index contributed by atoms with van der Waals surface area (Å²) >= 11 is 5.89. The van der Waals surface area contributed by atoms with E-state index in [1.807, 2.05) is 12.1 Å². The first kappa shape index (κ1) is 16.9. The molecule has 0 aliphatic heterocycles. The minimum Gasteiger partial charge on any atom is -0.364 e. The second kappa shape index (κ2) is 7.77. The molecule has 0 spiro atoms. The zero-order valence-corrected chi connectivity index (χ0v) is 14.4. The number of nitrogens with one attached hydrogen (secondary N) is 2. The Morgan fingerprint density at radius 2 is 1.76 bits per heavy atom. The van der Waals surface area contributed by atoms with Gasteiger partial charge in [-0.3, -0.25) is 4.79 Å². The Labute approximate surface area is 151 Å². The standard InChI is InChI=1S/C19H17ClN4O/c1-13-5-2-3-6-15(13)12-21-17-9-10-18(24-23-17)22-19(25)14-7-4-8-16(20)11-14/h2-11H,12H2,1H3,(H,21,23)(H,22,24,25). The number of aromatic nitrogens is 2. The molecular formula is C19H17ClN4O. The SMILES string of the molecule is Cc1ccccc1CNc1ccc(NC(=O)c2cccc(Cl)c2)nn1. The van der Waals surface area contributed by atoms with E-state index >= 15 is 0 Å². The Balaban J connectivity index is 1.60. The summed E-state index contributed by atoms with van der Waals surface area (Å²) in [6.07, 6.45) is 0. The van der Waals surface area contributed by atoms with Crippen LogP contribution in [0.5, 0.6) is 0 Å². The number of carbonyl (C=O) groups is 1. The molecule has 2 aromatic carbocycles. The topological polar surface area (TPSA) is 66.9 Å². The molecule has 0 aliphatic rings. The molecule has 5 nitrogen and oxygen atoms in total. The molecule has 0 saturated carbocycles. The number of aryl methyl sites for hydroxylation is 1. The number of amides is 1. The molecule has 1 amide bonds. The maximum atomic E-state index is 12.1. The predicted molar refractivity (Wildman–Crippen MR) is 99.9 cm³/mol. The van der Waals surface area contributed by atoms with Crippen LogP contribution in [0.1, 0.15) is 21.5 Å². The van der Waals surface area contributed by atoms with Crippen LogP contribution < -0.4 is 10.6 Å². The number of carbonyl (C=O) groups excluding carboxylic acids is 1. The predicted octanol–water partition coefficient (Wildman–Crippen LogP) is 4.30. The highest BCUT2D eigenvalue weighted by atomic mass is 35.5. The molecule has 0 atom stereocenters. The van der Waals surface area contributed by atoms with Crippen LogP contribution in [0.15, 0.2) is 60.7 Å². The molecule has 0 radical (unpaired) electrons. The van der Waals surface area contributed by atoms with Crippen LogP contribution in [0.3, 0.4) is 0 Å². The van der Waals surface area contributed by atoms with Crippen molar-refractivity contribution >= 4 is 29.1 Å². The van der Waals surface area contributed by atoms with Gasteiger partial charge in [0.05, 0.1) is 0 Å². The van der Waals surface area contributed by atoms with Crippen molar-refractivity contribution in [2.75, 3.05) is 10.6 Å². The zero-order chi connectivity index (χ0) is 17.6. The Morgan fingerprint density at radius 1 is 1.00 bits per heavy atom. The van der Waals surface area contributed by atoms with Gasteiger partial charge in [-0.15, -0.1) is 10.2 Å². The molecule has 0 fully saturated rings. The molecule has 1 heterocycles. The van der Waals surface area contributed by atoms with Gasteiger partial charge in [-0.1, -0.05) is 41.9 Å². The van der Waals surface area contributed by atoms with Gasteiger partial charge in [0.15, 0.2) is 5.82 Å². The summed E-state index contributed by atoms with van der Waals surface area (Å²) in [5, 5.41) is 14.5. The Hall–Kier alpha value is -2.92. The molecule has 126 valence electrons. The lowest BCUT2D eigenvalue weighted by Gasteiger charge is -2.08. The van der Waals surface area contributed by atoms with Gasteiger partial charge < -0.3 is 10.6 Å². The van der Waals surface area contributed by atoms with Crippen molar-refractivity contribution in [3.63, 3.8) is 0 Å². The van der Waals surface area contributed by atoms with E-state index < -0.39 is 0 Å². The van der Waals surface area contributed by atoms with Gasteiger partial charge >= 0.3 is 0 Å². The molecule has 2 N–H and O–H groups in total. The summed E-state index contributed by atoms with van der Waals surface area (Å²) in [4.78, 5) is 12.1. The van der Waals surface area contributed by atoms with Crippen LogP contribution in [0, 0.1) is 6.92 Å². The van der Waals surface area contributed by atoms with Gasteiger partial charge in [0.2, 0.25) is 0 Å². The summed E-state index contributed by atoms with van der Waals surface area (Å²) in [6, 6.07) is 18.4. The average Bonchev–Trinajstić information content (AvgIpc) is 2.62. The van der Waals surface area contributed by atoms with Gasteiger partial charge in [0.1, 0.15) is 5.82 Å². The van der Waals surface area contributed by atoms with Crippen molar-refractivity contribution in [1.82, 2.24) is 10.2 Å².